The van der Waals surface area contributed by atoms with Gasteiger partial charge in [-0.1, -0.05) is 24.3 Å². The van der Waals surface area contributed by atoms with E-state index in [9.17, 15) is 4.79 Å². The number of hydrogen-bond donors (Lipinski definition) is 3. The van der Waals surface area contributed by atoms with Crippen LogP contribution < -0.4 is 5.73 Å². The highest BCUT2D eigenvalue weighted by Crippen LogP contribution is 2.20. The molecule has 0 amide bonds. The van der Waals surface area contributed by atoms with Gasteiger partial charge >= 0.3 is 5.97 Å². The second-order valence-electron chi connectivity index (χ2n) is 4.10. The molecule has 1 aromatic carbocycles. The summed E-state index contributed by atoms with van der Waals surface area (Å²) in [5.74, 6) is -0.0155. The van der Waals surface area contributed by atoms with Crippen molar-refractivity contribution in [2.24, 2.45) is 5.73 Å². The van der Waals surface area contributed by atoms with Gasteiger partial charge in [0.25, 0.3) is 0 Å². The van der Waals surface area contributed by atoms with Crippen molar-refractivity contribution in [2.75, 3.05) is 0 Å². The molecular formula is C13H15N3O2. The molecule has 0 bridgehead atoms. The Morgan fingerprint density at radius 1 is 1.39 bits per heavy atom. The Morgan fingerprint density at radius 3 is 2.67 bits per heavy atom. The third-order valence-electron chi connectivity index (χ3n) is 2.78. The lowest BCUT2D eigenvalue weighted by atomic mass is 10.0. The maximum absolute atomic E-state index is 10.5. The van der Waals surface area contributed by atoms with Crippen molar-refractivity contribution in [2.45, 2.75) is 18.9 Å². The molecular weight excluding hydrogens is 230 g/mol. The van der Waals surface area contributed by atoms with E-state index in [1.807, 2.05) is 24.3 Å². The fourth-order valence-electron chi connectivity index (χ4n) is 1.76. The number of aliphatic carboxylic acids is 1. The molecule has 2 rings (SSSR count). The number of aromatic amines is 1. The summed E-state index contributed by atoms with van der Waals surface area (Å²) in [6.45, 7) is 0. The van der Waals surface area contributed by atoms with E-state index in [-0.39, 0.29) is 12.5 Å². The van der Waals surface area contributed by atoms with E-state index < -0.39 is 5.97 Å². The fraction of sp³-hybridized carbons (Fsp3) is 0.231. The summed E-state index contributed by atoms with van der Waals surface area (Å²) in [7, 11) is 0. The smallest absolute Gasteiger partial charge is 0.303 e. The molecule has 4 N–H and O–H groups in total. The fourth-order valence-corrected chi connectivity index (χ4v) is 1.76. The Kier molecular flexibility index (Phi) is 3.74. The van der Waals surface area contributed by atoms with Gasteiger partial charge in [-0.15, -0.1) is 0 Å². The predicted molar refractivity (Wildman–Crippen MR) is 67.8 cm³/mol. The van der Waals surface area contributed by atoms with Crippen LogP contribution in [0.2, 0.25) is 0 Å². The topological polar surface area (TPSA) is 92.0 Å². The highest BCUT2D eigenvalue weighted by molar-refractivity contribution is 5.66. The summed E-state index contributed by atoms with van der Waals surface area (Å²) in [6.07, 6.45) is 3.99. The number of imidazole rings is 1. The summed E-state index contributed by atoms with van der Waals surface area (Å²) >= 11 is 0. The number of carboxylic acids is 1. The first kappa shape index (κ1) is 12.3. The largest absolute Gasteiger partial charge is 0.481 e. The second-order valence-corrected chi connectivity index (χ2v) is 4.10. The van der Waals surface area contributed by atoms with Gasteiger partial charge in [-0.25, -0.2) is 4.98 Å². The summed E-state index contributed by atoms with van der Waals surface area (Å²) in [6, 6.07) is 7.42. The number of H-pyrrole nitrogens is 1. The summed E-state index contributed by atoms with van der Waals surface area (Å²) in [4.78, 5) is 17.7. The van der Waals surface area contributed by atoms with E-state index >= 15 is 0 Å². The minimum absolute atomic E-state index is 0.0844. The molecule has 2 aromatic rings. The van der Waals surface area contributed by atoms with Crippen molar-refractivity contribution in [3.05, 3.63) is 42.2 Å². The lowest BCUT2D eigenvalue weighted by molar-refractivity contribution is -0.137. The van der Waals surface area contributed by atoms with E-state index in [1.165, 1.54) is 0 Å². The average molecular weight is 245 g/mol. The molecule has 1 aromatic heterocycles. The molecule has 1 atom stereocenters. The van der Waals surface area contributed by atoms with E-state index in [0.717, 1.165) is 17.0 Å². The molecule has 18 heavy (non-hydrogen) atoms. The summed E-state index contributed by atoms with van der Waals surface area (Å²) < 4.78 is 0. The lowest BCUT2D eigenvalue weighted by Crippen LogP contribution is -2.12. The molecule has 1 unspecified atom stereocenters. The zero-order valence-corrected chi connectivity index (χ0v) is 9.84. The number of carboxylic acid groups (broad SMARTS) is 1. The minimum Gasteiger partial charge on any atom is -0.481 e. The van der Waals surface area contributed by atoms with Gasteiger partial charge in [-0.05, 0) is 12.0 Å². The maximum atomic E-state index is 10.5. The second kappa shape index (κ2) is 5.46. The van der Waals surface area contributed by atoms with Crippen LogP contribution in [0.3, 0.4) is 0 Å². The predicted octanol–water partition coefficient (Wildman–Crippen LogP) is 1.94. The van der Waals surface area contributed by atoms with Crippen molar-refractivity contribution >= 4 is 5.97 Å². The van der Waals surface area contributed by atoms with Gasteiger partial charge in [-0.3, -0.25) is 4.79 Å². The van der Waals surface area contributed by atoms with Crippen molar-refractivity contribution in [1.82, 2.24) is 9.97 Å². The van der Waals surface area contributed by atoms with Gasteiger partial charge in [0.1, 0.15) is 5.82 Å². The van der Waals surface area contributed by atoms with Gasteiger partial charge in [0.15, 0.2) is 0 Å². The molecule has 0 saturated heterocycles. The van der Waals surface area contributed by atoms with Crippen LogP contribution in [0.15, 0.2) is 36.7 Å². The van der Waals surface area contributed by atoms with Crippen LogP contribution >= 0.6 is 0 Å². The van der Waals surface area contributed by atoms with Gasteiger partial charge < -0.3 is 15.8 Å². The van der Waals surface area contributed by atoms with E-state index in [1.54, 1.807) is 12.4 Å². The van der Waals surface area contributed by atoms with E-state index in [2.05, 4.69) is 9.97 Å². The Hall–Kier alpha value is -2.14. The highest BCUT2D eigenvalue weighted by Gasteiger charge is 2.09. The summed E-state index contributed by atoms with van der Waals surface area (Å²) in [5, 5.41) is 8.61. The number of nitrogens with zero attached hydrogens (tertiary/aromatic N) is 1. The van der Waals surface area contributed by atoms with Crippen LogP contribution in [-0.4, -0.2) is 21.0 Å². The number of rotatable bonds is 5. The SMILES string of the molecule is NC(CCC(=O)O)c1ccc(-c2ncc[nH]2)cc1. The molecule has 0 spiro atoms. The van der Waals surface area contributed by atoms with Crippen LogP contribution in [0.25, 0.3) is 11.4 Å². The normalized spacial score (nSPS) is 12.3. The Bertz CT molecular complexity index is 506. The third-order valence-corrected chi connectivity index (χ3v) is 2.78. The quantitative estimate of drug-likeness (QED) is 0.750. The Morgan fingerprint density at radius 2 is 2.11 bits per heavy atom. The number of nitrogens with one attached hydrogen (secondary N) is 1. The zero-order valence-electron chi connectivity index (χ0n) is 9.84. The molecule has 94 valence electrons. The highest BCUT2D eigenvalue weighted by atomic mass is 16.4. The maximum Gasteiger partial charge on any atom is 0.303 e. The third kappa shape index (κ3) is 2.95. The van der Waals surface area contributed by atoms with Gasteiger partial charge in [0, 0.05) is 30.4 Å². The molecule has 5 heteroatoms. The van der Waals surface area contributed by atoms with Crippen molar-refractivity contribution in [1.29, 1.82) is 0 Å². The Balaban J connectivity index is 2.05. The van der Waals surface area contributed by atoms with E-state index in [4.69, 9.17) is 10.8 Å². The van der Waals surface area contributed by atoms with Crippen LogP contribution in [-0.2, 0) is 4.79 Å². The molecule has 1 heterocycles. The molecule has 0 fully saturated rings. The number of nitrogens with two attached hydrogens (primary N) is 1. The number of aromatic nitrogens is 2. The molecule has 0 aliphatic carbocycles. The average Bonchev–Trinajstić information content (AvgIpc) is 2.90. The van der Waals surface area contributed by atoms with E-state index in [0.29, 0.717) is 6.42 Å². The minimum atomic E-state index is -0.822. The first-order valence-electron chi connectivity index (χ1n) is 5.74. The van der Waals surface area contributed by atoms with Crippen LogP contribution in [0.5, 0.6) is 0 Å². The molecule has 0 radical (unpaired) electrons. The standard InChI is InChI=1S/C13H15N3O2/c14-11(5-6-12(17)18)9-1-3-10(4-2-9)13-15-7-8-16-13/h1-4,7-8,11H,5-6,14H2,(H,15,16)(H,17,18). The first-order chi connectivity index (χ1) is 8.66. The van der Waals surface area contributed by atoms with Gasteiger partial charge in [-0.2, -0.15) is 0 Å². The van der Waals surface area contributed by atoms with Crippen molar-refractivity contribution < 1.29 is 9.90 Å². The zero-order chi connectivity index (χ0) is 13.0. The van der Waals surface area contributed by atoms with Crippen molar-refractivity contribution in [3.63, 3.8) is 0 Å². The molecule has 0 aliphatic rings. The molecule has 5 nitrogen and oxygen atoms in total. The molecule has 0 aliphatic heterocycles. The van der Waals surface area contributed by atoms with Crippen LogP contribution in [0, 0.1) is 0 Å². The Labute approximate surface area is 105 Å². The summed E-state index contributed by atoms with van der Waals surface area (Å²) in [5.41, 5.74) is 7.84. The number of benzene rings is 1. The van der Waals surface area contributed by atoms with Crippen LogP contribution in [0.1, 0.15) is 24.4 Å². The number of hydrogen-bond acceptors (Lipinski definition) is 3. The van der Waals surface area contributed by atoms with Crippen LogP contribution in [0.4, 0.5) is 0 Å². The number of carbonyl (C=O) groups is 1. The van der Waals surface area contributed by atoms with Crippen molar-refractivity contribution in [3.8, 4) is 11.4 Å². The first-order valence-corrected chi connectivity index (χ1v) is 5.74. The lowest BCUT2D eigenvalue weighted by Gasteiger charge is -2.10. The van der Waals surface area contributed by atoms with Gasteiger partial charge in [0.05, 0.1) is 0 Å². The monoisotopic (exact) mass is 245 g/mol. The van der Waals surface area contributed by atoms with Gasteiger partial charge in [0.2, 0.25) is 0 Å². The molecule has 0 saturated carbocycles.